The monoisotopic (exact) mass is 362 g/mol. The zero-order chi connectivity index (χ0) is 19.2. The number of carbonyl (C=O) groups excluding carboxylic acids is 2. The van der Waals surface area contributed by atoms with Crippen molar-refractivity contribution < 1.29 is 19.1 Å². The lowest BCUT2D eigenvalue weighted by Crippen LogP contribution is -2.17. The van der Waals surface area contributed by atoms with Crippen molar-refractivity contribution in [2.45, 2.75) is 72.1 Å². The summed E-state index contributed by atoms with van der Waals surface area (Å²) in [4.78, 5) is 24.8. The van der Waals surface area contributed by atoms with Crippen molar-refractivity contribution in [1.29, 1.82) is 0 Å². The van der Waals surface area contributed by atoms with Gasteiger partial charge >= 0.3 is 11.9 Å². The van der Waals surface area contributed by atoms with Gasteiger partial charge in [-0.05, 0) is 30.9 Å². The third kappa shape index (κ3) is 8.03. The third-order valence-electron chi connectivity index (χ3n) is 4.59. The van der Waals surface area contributed by atoms with Crippen LogP contribution in [0.25, 0.3) is 0 Å². The van der Waals surface area contributed by atoms with Crippen LogP contribution in [0.4, 0.5) is 0 Å². The van der Waals surface area contributed by atoms with Crippen molar-refractivity contribution in [3.63, 3.8) is 0 Å². The number of esters is 2. The molecule has 0 heterocycles. The van der Waals surface area contributed by atoms with Gasteiger partial charge in [0.25, 0.3) is 0 Å². The van der Waals surface area contributed by atoms with Crippen molar-refractivity contribution >= 4 is 11.9 Å². The highest BCUT2D eigenvalue weighted by Crippen LogP contribution is 2.16. The van der Waals surface area contributed by atoms with Gasteiger partial charge in [0.15, 0.2) is 0 Å². The van der Waals surface area contributed by atoms with Gasteiger partial charge in [-0.3, -0.25) is 0 Å². The normalized spacial score (nSPS) is 11.8. The third-order valence-corrected chi connectivity index (χ3v) is 4.59. The van der Waals surface area contributed by atoms with Crippen LogP contribution in [0, 0.1) is 5.92 Å². The molecule has 1 aromatic rings. The Hall–Kier alpha value is -1.84. The van der Waals surface area contributed by atoms with Crippen LogP contribution >= 0.6 is 0 Å². The Bertz CT molecular complexity index is 539. The number of hydrogen-bond donors (Lipinski definition) is 0. The van der Waals surface area contributed by atoms with Gasteiger partial charge < -0.3 is 9.47 Å². The summed E-state index contributed by atoms with van der Waals surface area (Å²) < 4.78 is 10.8. The van der Waals surface area contributed by atoms with Gasteiger partial charge in [-0.1, -0.05) is 71.4 Å². The Morgan fingerprint density at radius 1 is 0.846 bits per heavy atom. The van der Waals surface area contributed by atoms with Crippen molar-refractivity contribution in [1.82, 2.24) is 0 Å². The summed E-state index contributed by atoms with van der Waals surface area (Å²) in [6.45, 7) is 7.19. The zero-order valence-corrected chi connectivity index (χ0v) is 16.6. The fourth-order valence-electron chi connectivity index (χ4n) is 2.78. The van der Waals surface area contributed by atoms with Crippen molar-refractivity contribution in [2.75, 3.05) is 13.2 Å². The Kier molecular flexibility index (Phi) is 11.4. The predicted octanol–water partition coefficient (Wildman–Crippen LogP) is 5.80. The highest BCUT2D eigenvalue weighted by molar-refractivity contribution is 6.03. The minimum Gasteiger partial charge on any atom is -0.462 e. The molecule has 0 aliphatic carbocycles. The van der Waals surface area contributed by atoms with Gasteiger partial charge in [-0.25, -0.2) is 9.59 Å². The number of hydrogen-bond acceptors (Lipinski definition) is 4. The molecular weight excluding hydrogens is 328 g/mol. The summed E-state index contributed by atoms with van der Waals surface area (Å²) in [5.74, 6) is -0.526. The van der Waals surface area contributed by atoms with Crippen LogP contribution in [0.1, 0.15) is 92.9 Å². The van der Waals surface area contributed by atoms with Gasteiger partial charge in [0.05, 0.1) is 24.3 Å². The molecule has 0 aliphatic rings. The summed E-state index contributed by atoms with van der Waals surface area (Å²) >= 11 is 0. The minimum absolute atomic E-state index is 0.287. The maximum atomic E-state index is 12.4. The smallest absolute Gasteiger partial charge is 0.339 e. The predicted molar refractivity (Wildman–Crippen MR) is 104 cm³/mol. The number of rotatable bonds is 13. The van der Waals surface area contributed by atoms with Gasteiger partial charge in [0.2, 0.25) is 0 Å². The molecule has 0 aliphatic heterocycles. The molecule has 0 aromatic heterocycles. The van der Waals surface area contributed by atoms with E-state index in [-0.39, 0.29) is 11.1 Å². The first-order valence-corrected chi connectivity index (χ1v) is 10.1. The van der Waals surface area contributed by atoms with E-state index in [0.29, 0.717) is 19.1 Å². The Labute approximate surface area is 158 Å². The number of benzene rings is 1. The maximum absolute atomic E-state index is 12.4. The van der Waals surface area contributed by atoms with Crippen LogP contribution in [0.3, 0.4) is 0 Å². The van der Waals surface area contributed by atoms with Gasteiger partial charge in [-0.15, -0.1) is 0 Å². The van der Waals surface area contributed by atoms with E-state index in [1.165, 1.54) is 0 Å². The van der Waals surface area contributed by atoms with E-state index in [1.54, 1.807) is 24.3 Å². The second kappa shape index (κ2) is 13.4. The average Bonchev–Trinajstić information content (AvgIpc) is 2.67. The van der Waals surface area contributed by atoms with Gasteiger partial charge in [0.1, 0.15) is 0 Å². The van der Waals surface area contributed by atoms with E-state index in [2.05, 4.69) is 20.8 Å². The summed E-state index contributed by atoms with van der Waals surface area (Å²) in [7, 11) is 0. The molecule has 0 fully saturated rings. The lowest BCUT2D eigenvalue weighted by atomic mass is 10.0. The summed E-state index contributed by atoms with van der Waals surface area (Å²) in [6.07, 6.45) is 8.48. The molecule has 0 N–H and O–H groups in total. The van der Waals surface area contributed by atoms with Gasteiger partial charge in [-0.2, -0.15) is 0 Å². The first-order chi connectivity index (χ1) is 12.6. The van der Waals surface area contributed by atoms with E-state index < -0.39 is 11.9 Å². The van der Waals surface area contributed by atoms with Crippen LogP contribution in [0.15, 0.2) is 24.3 Å². The van der Waals surface area contributed by atoms with Crippen LogP contribution in [0.2, 0.25) is 0 Å². The standard InChI is InChI=1S/C22H34O4/c1-4-7-9-12-16-25-21(23)19-14-10-11-15-20(19)22(24)26-17-18(6-3)13-8-5-2/h10-11,14-15,18H,4-9,12-13,16-17H2,1-3H3. The molecule has 1 atom stereocenters. The van der Waals surface area contributed by atoms with Crippen LogP contribution in [-0.2, 0) is 9.47 Å². The van der Waals surface area contributed by atoms with E-state index >= 15 is 0 Å². The molecule has 0 radical (unpaired) electrons. The Balaban J connectivity index is 2.60. The van der Waals surface area contributed by atoms with Crippen molar-refractivity contribution in [2.24, 2.45) is 5.92 Å². The maximum Gasteiger partial charge on any atom is 0.339 e. The molecule has 1 aromatic carbocycles. The Morgan fingerprint density at radius 3 is 2.04 bits per heavy atom. The molecule has 4 nitrogen and oxygen atoms in total. The molecule has 0 saturated heterocycles. The second-order valence-corrected chi connectivity index (χ2v) is 6.76. The molecular formula is C22H34O4. The van der Waals surface area contributed by atoms with Crippen LogP contribution in [0.5, 0.6) is 0 Å². The van der Waals surface area contributed by atoms with E-state index in [1.807, 2.05) is 0 Å². The fourth-order valence-corrected chi connectivity index (χ4v) is 2.78. The van der Waals surface area contributed by atoms with E-state index in [9.17, 15) is 9.59 Å². The zero-order valence-electron chi connectivity index (χ0n) is 16.6. The Morgan fingerprint density at radius 2 is 1.46 bits per heavy atom. The highest BCUT2D eigenvalue weighted by Gasteiger charge is 2.20. The molecule has 0 bridgehead atoms. The van der Waals surface area contributed by atoms with Crippen molar-refractivity contribution in [3.8, 4) is 0 Å². The van der Waals surface area contributed by atoms with Crippen LogP contribution < -0.4 is 0 Å². The lowest BCUT2D eigenvalue weighted by Gasteiger charge is -2.15. The lowest BCUT2D eigenvalue weighted by molar-refractivity contribution is 0.0404. The first kappa shape index (κ1) is 22.2. The average molecular weight is 363 g/mol. The fraction of sp³-hybridized carbons (Fsp3) is 0.636. The number of ether oxygens (including phenoxy) is 2. The van der Waals surface area contributed by atoms with Gasteiger partial charge in [0, 0.05) is 0 Å². The SMILES string of the molecule is CCCCCCOC(=O)c1ccccc1C(=O)OCC(CC)CCCC. The highest BCUT2D eigenvalue weighted by atomic mass is 16.5. The van der Waals surface area contributed by atoms with Crippen LogP contribution in [-0.4, -0.2) is 25.2 Å². The summed E-state index contributed by atoms with van der Waals surface area (Å²) in [6, 6.07) is 6.73. The molecule has 1 unspecified atom stereocenters. The quantitative estimate of drug-likeness (QED) is 0.329. The molecule has 4 heteroatoms. The molecule has 1 rings (SSSR count). The minimum atomic E-state index is -0.452. The molecule has 26 heavy (non-hydrogen) atoms. The molecule has 0 spiro atoms. The van der Waals surface area contributed by atoms with E-state index in [4.69, 9.17) is 9.47 Å². The molecule has 146 valence electrons. The molecule has 0 amide bonds. The van der Waals surface area contributed by atoms with E-state index in [0.717, 1.165) is 51.4 Å². The second-order valence-electron chi connectivity index (χ2n) is 6.76. The number of carbonyl (C=O) groups is 2. The first-order valence-electron chi connectivity index (χ1n) is 10.1. The summed E-state index contributed by atoms with van der Waals surface area (Å²) in [5.41, 5.74) is 0.575. The number of unbranched alkanes of at least 4 members (excludes halogenated alkanes) is 4. The largest absolute Gasteiger partial charge is 0.462 e. The van der Waals surface area contributed by atoms with Crippen molar-refractivity contribution in [3.05, 3.63) is 35.4 Å². The summed E-state index contributed by atoms with van der Waals surface area (Å²) in [5, 5.41) is 0. The topological polar surface area (TPSA) is 52.6 Å². The molecule has 0 saturated carbocycles.